The standard InChI is InChI=1S/C17H26N6O8S3/c1-17(2,3)31-16(26)19-5-6-32-8-9-11(14(25)23(9)34(27,28)29)21-13(24)12(22-30-4)10-7-20-15(18)33-10/h7,9,11H,5-6,8H2,1-4H3,(H2,18,20)(H,19,26)(H,21,24)(H,27,28,29)/b22-12-. The molecule has 2 atom stereocenters. The first-order chi connectivity index (χ1) is 15.7. The van der Waals surface area contributed by atoms with Crippen LogP contribution in [-0.2, 0) is 29.5 Å². The van der Waals surface area contributed by atoms with Gasteiger partial charge in [-0.3, -0.25) is 14.1 Å². The van der Waals surface area contributed by atoms with Gasteiger partial charge in [-0.15, -0.1) is 0 Å². The van der Waals surface area contributed by atoms with Gasteiger partial charge < -0.3 is 25.9 Å². The van der Waals surface area contributed by atoms with E-state index in [1.807, 2.05) is 0 Å². The van der Waals surface area contributed by atoms with E-state index in [1.165, 1.54) is 25.1 Å². The van der Waals surface area contributed by atoms with Crippen molar-refractivity contribution in [2.45, 2.75) is 38.5 Å². The summed E-state index contributed by atoms with van der Waals surface area (Å²) in [6.07, 6.45) is 0.695. The fourth-order valence-electron chi connectivity index (χ4n) is 2.76. The van der Waals surface area contributed by atoms with Crippen molar-refractivity contribution in [1.82, 2.24) is 19.9 Å². The van der Waals surface area contributed by atoms with Crippen molar-refractivity contribution in [3.63, 3.8) is 0 Å². The van der Waals surface area contributed by atoms with Crippen LogP contribution in [0.1, 0.15) is 25.6 Å². The number of alkyl carbamates (subject to hydrolysis) is 1. The Morgan fingerprint density at radius 1 is 1.41 bits per heavy atom. The molecule has 1 fully saturated rings. The Labute approximate surface area is 204 Å². The van der Waals surface area contributed by atoms with Crippen molar-refractivity contribution >= 4 is 62.2 Å². The molecule has 14 nitrogen and oxygen atoms in total. The second-order valence-electron chi connectivity index (χ2n) is 7.82. The Morgan fingerprint density at radius 3 is 2.62 bits per heavy atom. The maximum absolute atomic E-state index is 12.7. The molecular formula is C17H26N6O8S3. The van der Waals surface area contributed by atoms with Gasteiger partial charge in [0.25, 0.3) is 11.8 Å². The number of anilines is 1. The highest BCUT2D eigenvalue weighted by Gasteiger charge is 2.54. The summed E-state index contributed by atoms with van der Waals surface area (Å²) in [5.41, 5.74) is 4.72. The van der Waals surface area contributed by atoms with Gasteiger partial charge in [-0.25, -0.2) is 14.1 Å². The lowest BCUT2D eigenvalue weighted by Crippen LogP contribution is -2.73. The third-order valence-corrected chi connectivity index (χ3v) is 6.91. The van der Waals surface area contributed by atoms with E-state index < -0.39 is 45.9 Å². The number of aromatic nitrogens is 1. The Morgan fingerprint density at radius 2 is 2.09 bits per heavy atom. The lowest BCUT2D eigenvalue weighted by Gasteiger charge is -2.44. The summed E-state index contributed by atoms with van der Waals surface area (Å²) in [5.74, 6) is -1.44. The van der Waals surface area contributed by atoms with Crippen LogP contribution in [0.25, 0.3) is 0 Å². The third kappa shape index (κ3) is 7.44. The fourth-order valence-corrected chi connectivity index (χ4v) is 5.40. The smallest absolute Gasteiger partial charge is 0.407 e. The van der Waals surface area contributed by atoms with Gasteiger partial charge in [-0.05, 0) is 20.8 Å². The van der Waals surface area contributed by atoms with Gasteiger partial charge in [0.1, 0.15) is 18.8 Å². The zero-order valence-corrected chi connectivity index (χ0v) is 21.3. The van der Waals surface area contributed by atoms with Crippen molar-refractivity contribution in [3.05, 3.63) is 11.1 Å². The maximum atomic E-state index is 12.7. The van der Waals surface area contributed by atoms with Crippen LogP contribution in [0.15, 0.2) is 11.4 Å². The molecule has 34 heavy (non-hydrogen) atoms. The molecule has 0 saturated carbocycles. The van der Waals surface area contributed by atoms with Gasteiger partial charge in [0, 0.05) is 24.2 Å². The topological polar surface area (TPSA) is 203 Å². The number of β-lactam (4-membered cyclic amide) rings is 1. The lowest BCUT2D eigenvalue weighted by atomic mass is 10.0. The minimum atomic E-state index is -4.84. The Balaban J connectivity index is 2.01. The number of oxime groups is 1. The van der Waals surface area contributed by atoms with E-state index in [0.29, 0.717) is 10.1 Å². The zero-order chi connectivity index (χ0) is 25.7. The summed E-state index contributed by atoms with van der Waals surface area (Å²) in [5, 5.41) is 8.78. The molecule has 1 aliphatic rings. The second-order valence-corrected chi connectivity index (χ2v) is 11.3. The molecule has 0 bridgehead atoms. The molecule has 3 amide bonds. The quantitative estimate of drug-likeness (QED) is 0.101. The van der Waals surface area contributed by atoms with E-state index in [9.17, 15) is 27.4 Å². The van der Waals surface area contributed by atoms with Crippen molar-refractivity contribution in [2.24, 2.45) is 5.16 Å². The lowest BCUT2D eigenvalue weighted by molar-refractivity contribution is -0.143. The molecule has 17 heteroatoms. The van der Waals surface area contributed by atoms with E-state index in [2.05, 4.69) is 25.6 Å². The summed E-state index contributed by atoms with van der Waals surface area (Å²) < 4.78 is 38.1. The predicted octanol–water partition coefficient (Wildman–Crippen LogP) is -0.168. The van der Waals surface area contributed by atoms with E-state index in [-0.39, 0.29) is 28.0 Å². The number of carbonyl (C=O) groups excluding carboxylic acids is 3. The number of amides is 3. The molecular weight excluding hydrogens is 512 g/mol. The average Bonchev–Trinajstić information content (AvgIpc) is 3.12. The summed E-state index contributed by atoms with van der Waals surface area (Å²) in [7, 11) is -3.62. The van der Waals surface area contributed by atoms with Crippen LogP contribution in [0.3, 0.4) is 0 Å². The normalized spacial score (nSPS) is 18.8. The molecule has 0 aliphatic carbocycles. The molecule has 1 aromatic heterocycles. The number of hydrogen-bond acceptors (Lipinski definition) is 12. The van der Waals surface area contributed by atoms with Crippen molar-refractivity contribution in [3.8, 4) is 0 Å². The summed E-state index contributed by atoms with van der Waals surface area (Å²) in [6, 6.07) is -2.30. The monoisotopic (exact) mass is 538 g/mol. The molecule has 2 rings (SSSR count). The number of nitrogens with two attached hydrogens (primary N) is 1. The van der Waals surface area contributed by atoms with Gasteiger partial charge in [0.2, 0.25) is 0 Å². The van der Waals surface area contributed by atoms with Gasteiger partial charge in [0.05, 0.1) is 10.9 Å². The van der Waals surface area contributed by atoms with E-state index >= 15 is 0 Å². The highest BCUT2D eigenvalue weighted by atomic mass is 32.2. The number of thiazole rings is 1. The van der Waals surface area contributed by atoms with Crippen LogP contribution >= 0.6 is 23.1 Å². The summed E-state index contributed by atoms with van der Waals surface area (Å²) in [4.78, 5) is 45.5. The molecule has 1 aliphatic heterocycles. The number of nitrogens with one attached hydrogen (secondary N) is 2. The van der Waals surface area contributed by atoms with Crippen LogP contribution in [-0.4, -0.2) is 88.7 Å². The minimum Gasteiger partial charge on any atom is -0.444 e. The third-order valence-electron chi connectivity index (χ3n) is 4.06. The molecule has 5 N–H and O–H groups in total. The number of ether oxygens (including phenoxy) is 1. The largest absolute Gasteiger partial charge is 0.444 e. The van der Waals surface area contributed by atoms with Crippen LogP contribution in [0.2, 0.25) is 0 Å². The number of hydrogen-bond donors (Lipinski definition) is 4. The van der Waals surface area contributed by atoms with E-state index in [1.54, 1.807) is 20.8 Å². The number of thioether (sulfide) groups is 1. The van der Waals surface area contributed by atoms with Gasteiger partial charge >= 0.3 is 16.4 Å². The van der Waals surface area contributed by atoms with Crippen LogP contribution in [0.4, 0.5) is 9.93 Å². The molecule has 0 aromatic carbocycles. The molecule has 2 unspecified atom stereocenters. The van der Waals surface area contributed by atoms with Crippen molar-refractivity contribution < 1.29 is 36.9 Å². The molecule has 0 radical (unpaired) electrons. The molecule has 190 valence electrons. The van der Waals surface area contributed by atoms with Crippen LogP contribution in [0, 0.1) is 0 Å². The SMILES string of the molecule is CO/N=C(\C(=O)NC1C(=O)N(S(=O)(=O)O)C1CSCCNC(=O)OC(C)(C)C)c1cnc(N)s1. The molecule has 2 heterocycles. The van der Waals surface area contributed by atoms with E-state index in [4.69, 9.17) is 10.5 Å². The van der Waals surface area contributed by atoms with Gasteiger partial charge in [-0.1, -0.05) is 16.5 Å². The highest BCUT2D eigenvalue weighted by Crippen LogP contribution is 2.27. The first-order valence-electron chi connectivity index (χ1n) is 9.73. The maximum Gasteiger partial charge on any atom is 0.407 e. The zero-order valence-electron chi connectivity index (χ0n) is 18.8. The van der Waals surface area contributed by atoms with Crippen LogP contribution < -0.4 is 16.4 Å². The molecule has 0 spiro atoms. The Kier molecular flexibility index (Phi) is 9.09. The predicted molar refractivity (Wildman–Crippen MR) is 126 cm³/mol. The van der Waals surface area contributed by atoms with Crippen LogP contribution in [0.5, 0.6) is 0 Å². The Hall–Kier alpha value is -2.63. The summed E-state index contributed by atoms with van der Waals surface area (Å²) in [6.45, 7) is 5.38. The first kappa shape index (κ1) is 27.6. The average molecular weight is 539 g/mol. The first-order valence-corrected chi connectivity index (χ1v) is 13.1. The number of nitrogens with zero attached hydrogens (tertiary/aromatic N) is 3. The number of rotatable bonds is 10. The van der Waals surface area contributed by atoms with Gasteiger partial charge in [0.15, 0.2) is 10.8 Å². The van der Waals surface area contributed by atoms with Crippen molar-refractivity contribution in [2.75, 3.05) is 30.9 Å². The van der Waals surface area contributed by atoms with E-state index in [0.717, 1.165) is 11.3 Å². The molecule has 1 saturated heterocycles. The fraction of sp³-hybridized carbons (Fsp3) is 0.588. The number of nitrogen functional groups attached to an aromatic ring is 1. The number of carbonyl (C=O) groups is 3. The molecule has 1 aromatic rings. The second kappa shape index (κ2) is 11.2. The minimum absolute atomic E-state index is 0.0384. The highest BCUT2D eigenvalue weighted by molar-refractivity contribution is 7.99. The van der Waals surface area contributed by atoms with Crippen molar-refractivity contribution in [1.29, 1.82) is 0 Å². The summed E-state index contributed by atoms with van der Waals surface area (Å²) >= 11 is 2.16. The van der Waals surface area contributed by atoms with Gasteiger partial charge in [-0.2, -0.15) is 20.2 Å². The Bertz CT molecular complexity index is 1050.